The molecule has 0 aliphatic carbocycles. The lowest BCUT2D eigenvalue weighted by atomic mass is 10.0. The van der Waals surface area contributed by atoms with Crippen LogP contribution in [-0.2, 0) is 10.8 Å². The molecule has 0 saturated carbocycles. The summed E-state index contributed by atoms with van der Waals surface area (Å²) < 4.78 is 11.0. The van der Waals surface area contributed by atoms with Gasteiger partial charge in [0.15, 0.2) is 0 Å². The van der Waals surface area contributed by atoms with Crippen LogP contribution >= 0.6 is 0 Å². The first kappa shape index (κ1) is 8.21. The Morgan fingerprint density at radius 2 is 2.20 bits per heavy atom. The highest BCUT2D eigenvalue weighted by Gasteiger charge is 2.20. The zero-order valence-electron chi connectivity index (χ0n) is 6.64. The van der Waals surface area contributed by atoms with Crippen molar-refractivity contribution in [3.63, 3.8) is 0 Å². The molecule has 1 heterocycles. The van der Waals surface area contributed by atoms with Crippen LogP contribution in [0.5, 0.6) is 0 Å². The van der Waals surface area contributed by atoms with Gasteiger partial charge in [-0.05, 0) is 20.3 Å². The Morgan fingerprint density at radius 1 is 1.50 bits per heavy atom. The Kier molecular flexibility index (Phi) is 2.47. The minimum absolute atomic E-state index is 0. The van der Waals surface area contributed by atoms with Crippen molar-refractivity contribution < 1.29 is 5.64 Å². The van der Waals surface area contributed by atoms with Crippen LogP contribution in [0.2, 0.25) is 0 Å². The van der Waals surface area contributed by atoms with Gasteiger partial charge in [0.05, 0.1) is 0 Å². The van der Waals surface area contributed by atoms with Gasteiger partial charge >= 0.3 is 0 Å². The van der Waals surface area contributed by atoms with Crippen LogP contribution < -0.4 is 5.32 Å². The van der Waals surface area contributed by atoms with Crippen molar-refractivity contribution in [1.29, 1.82) is 0 Å². The third-order valence-corrected chi connectivity index (χ3v) is 3.21. The molecule has 0 amide bonds. The van der Waals surface area contributed by atoms with Crippen LogP contribution in [0, 0.1) is 0 Å². The minimum Gasteiger partial charge on any atom is -0.311 e. The Bertz CT molecular complexity index is 149. The Morgan fingerprint density at radius 3 is 2.90 bits per heavy atom. The molecule has 3 heteroatoms. The molecule has 0 aromatic carbocycles. The van der Waals surface area contributed by atoms with Gasteiger partial charge in [0.1, 0.15) is 0 Å². The van der Waals surface area contributed by atoms with E-state index in [1.54, 1.807) is 0 Å². The van der Waals surface area contributed by atoms with Crippen LogP contribution in [0.3, 0.4) is 0 Å². The van der Waals surface area contributed by atoms with Crippen molar-refractivity contribution in [3.05, 3.63) is 0 Å². The number of hydrogen-bond donors (Lipinski definition) is 1. The fourth-order valence-electron chi connectivity index (χ4n) is 1.06. The number of hydrogen-bond acceptors (Lipinski definition) is 2. The first-order valence-corrected chi connectivity index (χ1v) is 5.19. The third-order valence-electron chi connectivity index (χ3n) is 1.89. The van der Waals surface area contributed by atoms with E-state index >= 15 is 0 Å². The highest BCUT2D eigenvalue weighted by Crippen LogP contribution is 2.11. The van der Waals surface area contributed by atoms with Crippen LogP contribution in [0.15, 0.2) is 0 Å². The molecule has 1 N–H and O–H groups in total. The van der Waals surface area contributed by atoms with Crippen LogP contribution in [0.1, 0.15) is 21.7 Å². The average molecular weight is 163 g/mol. The lowest BCUT2D eigenvalue weighted by Gasteiger charge is -2.22. The van der Waals surface area contributed by atoms with E-state index in [-0.39, 0.29) is 6.97 Å². The van der Waals surface area contributed by atoms with Crippen molar-refractivity contribution in [2.24, 2.45) is 0 Å². The molecular weight excluding hydrogens is 146 g/mol. The van der Waals surface area contributed by atoms with Gasteiger partial charge in [0.2, 0.25) is 0 Å². The molecule has 62 valence electrons. The van der Waals surface area contributed by atoms with Crippen molar-refractivity contribution in [3.8, 4) is 0 Å². The molecule has 1 fully saturated rings. The molecule has 10 heavy (non-hydrogen) atoms. The maximum Gasteiger partial charge on any atom is 0.0360 e. The third kappa shape index (κ3) is 2.39. The molecule has 0 bridgehead atoms. The number of nitrogens with one attached hydrogen (secondary N) is 1. The van der Waals surface area contributed by atoms with Crippen molar-refractivity contribution >= 4 is 10.8 Å². The first-order chi connectivity index (χ1) is 4.60. The Hall–Kier alpha value is 0.110. The van der Waals surface area contributed by atoms with E-state index in [1.807, 2.05) is 0 Å². The second kappa shape index (κ2) is 3.01. The molecule has 0 aromatic rings. The summed E-state index contributed by atoms with van der Waals surface area (Å²) in [4.78, 5) is 0. The van der Waals surface area contributed by atoms with E-state index in [0.717, 1.165) is 24.5 Å². The summed E-state index contributed by atoms with van der Waals surface area (Å²) in [5, 5.41) is 3.36. The second-order valence-corrected chi connectivity index (χ2v) is 5.10. The molecule has 1 unspecified atom stereocenters. The van der Waals surface area contributed by atoms with Gasteiger partial charge in [-0.2, -0.15) is 0 Å². The maximum absolute atomic E-state index is 11.0. The van der Waals surface area contributed by atoms with Crippen LogP contribution in [-0.4, -0.2) is 27.8 Å². The van der Waals surface area contributed by atoms with Gasteiger partial charge in [-0.1, -0.05) is 0 Å². The summed E-state index contributed by atoms with van der Waals surface area (Å²) in [5.74, 6) is 1.68. The molecular formula is C7H17NOS. The van der Waals surface area contributed by atoms with Gasteiger partial charge in [-0.15, -0.1) is 0 Å². The van der Waals surface area contributed by atoms with Crippen LogP contribution in [0.25, 0.3) is 0 Å². The monoisotopic (exact) mass is 163 g/mol. The SMILES string of the molecule is CC1(C)CCS(=O)CCN1.[HH]. The molecule has 2 nitrogen and oxygen atoms in total. The predicted molar refractivity (Wildman–Crippen MR) is 46.7 cm³/mol. The highest BCUT2D eigenvalue weighted by molar-refractivity contribution is 7.85. The van der Waals surface area contributed by atoms with E-state index in [9.17, 15) is 4.21 Å². The summed E-state index contributed by atoms with van der Waals surface area (Å²) in [7, 11) is -0.567. The quantitative estimate of drug-likeness (QED) is 0.571. The molecule has 1 aliphatic heterocycles. The topological polar surface area (TPSA) is 29.1 Å². The average Bonchev–Trinajstić information content (AvgIpc) is 1.94. The van der Waals surface area contributed by atoms with Crippen molar-refractivity contribution in [2.45, 2.75) is 25.8 Å². The van der Waals surface area contributed by atoms with Gasteiger partial charge in [0.25, 0.3) is 0 Å². The minimum atomic E-state index is -0.567. The molecule has 0 aromatic heterocycles. The Labute approximate surface area is 66.3 Å². The van der Waals surface area contributed by atoms with Crippen LogP contribution in [0.4, 0.5) is 0 Å². The van der Waals surface area contributed by atoms with Gasteiger partial charge < -0.3 is 5.32 Å². The highest BCUT2D eigenvalue weighted by atomic mass is 32.2. The van der Waals surface area contributed by atoms with E-state index < -0.39 is 10.8 Å². The summed E-state index contributed by atoms with van der Waals surface area (Å²) in [5.41, 5.74) is 0.201. The lowest BCUT2D eigenvalue weighted by molar-refractivity contribution is 0.396. The summed E-state index contributed by atoms with van der Waals surface area (Å²) >= 11 is 0. The second-order valence-electron chi connectivity index (χ2n) is 3.41. The lowest BCUT2D eigenvalue weighted by Crippen LogP contribution is -2.39. The van der Waals surface area contributed by atoms with E-state index in [4.69, 9.17) is 0 Å². The van der Waals surface area contributed by atoms with E-state index in [0.29, 0.717) is 0 Å². The predicted octanol–water partition coefficient (Wildman–Crippen LogP) is 0.753. The fourth-order valence-corrected chi connectivity index (χ4v) is 2.33. The smallest absolute Gasteiger partial charge is 0.0360 e. The number of rotatable bonds is 0. The molecule has 0 spiro atoms. The Balaban J connectivity index is 0.000001000. The van der Waals surface area contributed by atoms with Gasteiger partial charge in [0, 0.05) is 35.8 Å². The zero-order valence-corrected chi connectivity index (χ0v) is 7.46. The molecule has 1 saturated heterocycles. The summed E-state index contributed by atoms with van der Waals surface area (Å²) in [6.07, 6.45) is 1.03. The normalized spacial score (nSPS) is 33.2. The maximum atomic E-state index is 11.0. The largest absolute Gasteiger partial charge is 0.311 e. The van der Waals surface area contributed by atoms with Crippen molar-refractivity contribution in [2.75, 3.05) is 18.1 Å². The first-order valence-electron chi connectivity index (χ1n) is 3.70. The molecule has 1 atom stereocenters. The fraction of sp³-hybridized carbons (Fsp3) is 1.00. The van der Waals surface area contributed by atoms with Gasteiger partial charge in [-0.25, -0.2) is 0 Å². The zero-order chi connectivity index (χ0) is 7.61. The molecule has 1 aliphatic rings. The summed E-state index contributed by atoms with van der Waals surface area (Å²) in [6, 6.07) is 0. The molecule has 1 rings (SSSR count). The van der Waals surface area contributed by atoms with E-state index in [1.165, 1.54) is 0 Å². The van der Waals surface area contributed by atoms with Crippen molar-refractivity contribution in [1.82, 2.24) is 5.32 Å². The standard InChI is InChI=1S/C7H15NOS.H2/c1-7(2)3-5-10(9)6-4-8-7;/h8H,3-6H2,1-2H3;1H. The molecule has 0 radical (unpaired) electrons. The summed E-state index contributed by atoms with van der Waals surface area (Å²) in [6.45, 7) is 5.23. The van der Waals surface area contributed by atoms with Gasteiger partial charge in [-0.3, -0.25) is 4.21 Å². The van der Waals surface area contributed by atoms with E-state index in [2.05, 4.69) is 19.2 Å².